The highest BCUT2D eigenvalue weighted by molar-refractivity contribution is 9.10. The van der Waals surface area contributed by atoms with Gasteiger partial charge in [0.2, 0.25) is 6.10 Å². The zero-order valence-electron chi connectivity index (χ0n) is 7.87. The molecule has 0 aliphatic carbocycles. The molecule has 84 valence electrons. The Morgan fingerprint density at radius 1 is 1.56 bits per heavy atom. The molecule has 1 unspecified atom stereocenters. The molecule has 0 aromatic heterocycles. The lowest BCUT2D eigenvalue weighted by Gasteiger charge is -2.23. The molecule has 0 saturated carbocycles. The van der Waals surface area contributed by atoms with E-state index in [0.29, 0.717) is 15.1 Å². The summed E-state index contributed by atoms with van der Waals surface area (Å²) in [6.45, 7) is 0. The summed E-state index contributed by atoms with van der Waals surface area (Å²) in [7, 11) is 0. The summed E-state index contributed by atoms with van der Waals surface area (Å²) < 4.78 is 5.70. The van der Waals surface area contributed by atoms with E-state index in [-0.39, 0.29) is 18.0 Å². The van der Waals surface area contributed by atoms with Crippen LogP contribution in [-0.2, 0) is 4.79 Å². The van der Waals surface area contributed by atoms with Crippen LogP contribution in [0.15, 0.2) is 16.6 Å². The van der Waals surface area contributed by atoms with Gasteiger partial charge in [-0.1, -0.05) is 11.6 Å². The monoisotopic (exact) mass is 304 g/mol. The second-order valence-corrected chi connectivity index (χ2v) is 4.63. The first kappa shape index (κ1) is 11.4. The van der Waals surface area contributed by atoms with E-state index >= 15 is 0 Å². The number of Topliss-reactive ketones (excluding diaryl/α,β-unsaturated/α-hetero) is 1. The van der Waals surface area contributed by atoms with E-state index in [1.54, 1.807) is 6.07 Å². The summed E-state index contributed by atoms with van der Waals surface area (Å²) in [5.41, 5.74) is 0.317. The molecule has 1 atom stereocenters. The molecule has 0 radical (unpaired) electrons. The number of hydrogen-bond donors (Lipinski definition) is 1. The summed E-state index contributed by atoms with van der Waals surface area (Å²) in [4.78, 5) is 22.5. The highest BCUT2D eigenvalue weighted by Gasteiger charge is 2.32. The van der Waals surface area contributed by atoms with Gasteiger partial charge in [0.25, 0.3) is 0 Å². The lowest BCUT2D eigenvalue weighted by molar-refractivity contribution is -0.145. The molecule has 2 rings (SSSR count). The summed E-state index contributed by atoms with van der Waals surface area (Å²) in [6, 6.07) is 3.03. The number of ketones is 1. The zero-order valence-corrected chi connectivity index (χ0v) is 10.2. The molecule has 0 amide bonds. The molecule has 1 heterocycles. The van der Waals surface area contributed by atoms with Crippen molar-refractivity contribution in [1.82, 2.24) is 0 Å². The fraction of sp³-hybridized carbons (Fsp3) is 0.200. The first-order chi connectivity index (χ1) is 7.49. The number of carboxylic acid groups (broad SMARTS) is 1. The average molecular weight is 306 g/mol. The van der Waals surface area contributed by atoms with Crippen LogP contribution in [0.25, 0.3) is 0 Å². The number of carbonyl (C=O) groups excluding carboxylic acids is 1. The third-order valence-electron chi connectivity index (χ3n) is 2.22. The minimum atomic E-state index is -1.15. The smallest absolute Gasteiger partial charge is 0.345 e. The van der Waals surface area contributed by atoms with E-state index in [2.05, 4.69) is 15.9 Å². The van der Waals surface area contributed by atoms with Crippen LogP contribution in [0.1, 0.15) is 16.8 Å². The van der Waals surface area contributed by atoms with E-state index in [9.17, 15) is 9.59 Å². The number of carboxylic acids is 1. The maximum absolute atomic E-state index is 11.7. The number of carbonyl (C=O) groups is 2. The van der Waals surface area contributed by atoms with Crippen LogP contribution in [0.4, 0.5) is 0 Å². The molecule has 0 spiro atoms. The van der Waals surface area contributed by atoms with E-state index < -0.39 is 12.1 Å². The Morgan fingerprint density at radius 2 is 2.25 bits per heavy atom. The molecule has 16 heavy (non-hydrogen) atoms. The van der Waals surface area contributed by atoms with Gasteiger partial charge in [-0.2, -0.15) is 0 Å². The predicted molar refractivity (Wildman–Crippen MR) is 60.2 cm³/mol. The first-order valence-electron chi connectivity index (χ1n) is 4.40. The summed E-state index contributed by atoms with van der Waals surface area (Å²) >= 11 is 8.97. The summed E-state index contributed by atoms with van der Waals surface area (Å²) in [5, 5.41) is 9.21. The van der Waals surface area contributed by atoms with Gasteiger partial charge in [-0.3, -0.25) is 4.79 Å². The Labute approximate surface area is 104 Å². The number of rotatable bonds is 1. The highest BCUT2D eigenvalue weighted by Crippen LogP contribution is 2.37. The number of benzene rings is 1. The van der Waals surface area contributed by atoms with Crippen molar-refractivity contribution < 1.29 is 19.4 Å². The lowest BCUT2D eigenvalue weighted by atomic mass is 10.0. The Balaban J connectivity index is 2.50. The highest BCUT2D eigenvalue weighted by atomic mass is 79.9. The van der Waals surface area contributed by atoms with E-state index in [4.69, 9.17) is 21.4 Å². The minimum Gasteiger partial charge on any atom is -0.478 e. The van der Waals surface area contributed by atoms with Crippen molar-refractivity contribution >= 4 is 39.3 Å². The van der Waals surface area contributed by atoms with Crippen molar-refractivity contribution in [2.45, 2.75) is 12.5 Å². The minimum absolute atomic E-state index is 0.172. The van der Waals surface area contributed by atoms with Crippen LogP contribution >= 0.6 is 27.5 Å². The second-order valence-electron chi connectivity index (χ2n) is 3.34. The van der Waals surface area contributed by atoms with Crippen molar-refractivity contribution in [2.24, 2.45) is 0 Å². The van der Waals surface area contributed by atoms with Gasteiger partial charge >= 0.3 is 5.97 Å². The number of fused-ring (bicyclic) bond motifs is 1. The van der Waals surface area contributed by atoms with Gasteiger partial charge in [0, 0.05) is 5.02 Å². The molecular formula is C10H6BrClO4. The molecule has 1 N–H and O–H groups in total. The maximum atomic E-state index is 11.7. The van der Waals surface area contributed by atoms with Crippen molar-refractivity contribution in [3.05, 3.63) is 27.2 Å². The molecule has 1 aliphatic heterocycles. The van der Waals surface area contributed by atoms with Gasteiger partial charge in [0.15, 0.2) is 5.78 Å². The van der Waals surface area contributed by atoms with Crippen molar-refractivity contribution in [1.29, 1.82) is 0 Å². The number of aliphatic carboxylic acids is 1. The first-order valence-corrected chi connectivity index (χ1v) is 5.58. The Kier molecular flexibility index (Phi) is 2.90. The Bertz CT molecular complexity index is 486. The molecule has 1 aliphatic rings. The van der Waals surface area contributed by atoms with Crippen LogP contribution in [0.2, 0.25) is 5.02 Å². The standard InChI is InChI=1S/C10H6BrClO4/c11-6-2-4(12)1-5-7(13)3-8(10(14)15)16-9(5)6/h1-2,8H,3H2,(H,14,15). The number of halogens is 2. The summed E-state index contributed by atoms with van der Waals surface area (Å²) in [6.07, 6.45) is -1.30. The topological polar surface area (TPSA) is 63.6 Å². The summed E-state index contributed by atoms with van der Waals surface area (Å²) in [5.74, 6) is -1.19. The zero-order chi connectivity index (χ0) is 11.9. The van der Waals surface area contributed by atoms with Crippen LogP contribution < -0.4 is 4.74 Å². The van der Waals surface area contributed by atoms with Gasteiger partial charge in [0.05, 0.1) is 16.5 Å². The van der Waals surface area contributed by atoms with Crippen LogP contribution in [0.5, 0.6) is 5.75 Å². The van der Waals surface area contributed by atoms with Crippen molar-refractivity contribution in [3.8, 4) is 5.75 Å². The van der Waals surface area contributed by atoms with Gasteiger partial charge in [-0.25, -0.2) is 4.79 Å². The molecule has 1 aromatic rings. The molecule has 0 bridgehead atoms. The number of ether oxygens (including phenoxy) is 1. The lowest BCUT2D eigenvalue weighted by Crippen LogP contribution is -2.34. The molecule has 6 heteroatoms. The number of hydrogen-bond acceptors (Lipinski definition) is 3. The quantitative estimate of drug-likeness (QED) is 0.866. The van der Waals surface area contributed by atoms with E-state index in [1.165, 1.54) is 6.07 Å². The van der Waals surface area contributed by atoms with Crippen LogP contribution in [-0.4, -0.2) is 23.0 Å². The predicted octanol–water partition coefficient (Wildman–Crippen LogP) is 2.52. The third-order valence-corrected chi connectivity index (χ3v) is 3.02. The van der Waals surface area contributed by atoms with Gasteiger partial charge < -0.3 is 9.84 Å². The average Bonchev–Trinajstić information content (AvgIpc) is 2.19. The van der Waals surface area contributed by atoms with Crippen molar-refractivity contribution in [2.75, 3.05) is 0 Å². The third kappa shape index (κ3) is 1.92. The SMILES string of the molecule is O=C1CC(C(=O)O)Oc2c(Br)cc(Cl)cc21. The molecule has 1 aromatic carbocycles. The Hall–Kier alpha value is -1.07. The van der Waals surface area contributed by atoms with E-state index in [0.717, 1.165) is 0 Å². The van der Waals surface area contributed by atoms with Gasteiger partial charge in [0.1, 0.15) is 5.75 Å². The molecular weight excluding hydrogens is 299 g/mol. The largest absolute Gasteiger partial charge is 0.478 e. The molecule has 0 saturated heterocycles. The Morgan fingerprint density at radius 3 is 2.88 bits per heavy atom. The van der Waals surface area contributed by atoms with Crippen LogP contribution in [0.3, 0.4) is 0 Å². The van der Waals surface area contributed by atoms with Crippen molar-refractivity contribution in [3.63, 3.8) is 0 Å². The molecule has 0 fully saturated rings. The maximum Gasteiger partial charge on any atom is 0.345 e. The van der Waals surface area contributed by atoms with Gasteiger partial charge in [-0.05, 0) is 28.1 Å². The van der Waals surface area contributed by atoms with E-state index in [1.807, 2.05) is 0 Å². The van der Waals surface area contributed by atoms with Crippen LogP contribution in [0, 0.1) is 0 Å². The fourth-order valence-corrected chi connectivity index (χ4v) is 2.39. The second kappa shape index (κ2) is 4.07. The molecule has 4 nitrogen and oxygen atoms in total. The normalized spacial score (nSPS) is 18.9. The van der Waals surface area contributed by atoms with Gasteiger partial charge in [-0.15, -0.1) is 0 Å². The fourth-order valence-electron chi connectivity index (χ4n) is 1.49.